The topological polar surface area (TPSA) is 69.5 Å². The molecule has 8 heteroatoms. The summed E-state index contributed by atoms with van der Waals surface area (Å²) in [6, 6.07) is 0. The van der Waals surface area contributed by atoms with Crippen molar-refractivity contribution in [2.45, 2.75) is 39.4 Å². The van der Waals surface area contributed by atoms with Crippen LogP contribution in [0.5, 0.6) is 5.19 Å². The van der Waals surface area contributed by atoms with Gasteiger partial charge in [-0.05, 0) is 33.3 Å². The predicted molar refractivity (Wildman–Crippen MR) is 91.3 cm³/mol. The highest BCUT2D eigenvalue weighted by Gasteiger charge is 2.35. The number of hydrogen-bond acceptors (Lipinski definition) is 6. The molecule has 130 valence electrons. The predicted octanol–water partition coefficient (Wildman–Crippen LogP) is 2.85. The van der Waals surface area contributed by atoms with Gasteiger partial charge in [0, 0.05) is 12.4 Å². The Morgan fingerprint density at radius 2 is 2.08 bits per heavy atom. The number of aryl methyl sites for hydroxylation is 2. The summed E-state index contributed by atoms with van der Waals surface area (Å²) in [5.74, 6) is 0. The molecule has 0 saturated carbocycles. The smallest absolute Gasteiger partial charge is 0.410 e. The van der Waals surface area contributed by atoms with Crippen LogP contribution in [-0.4, -0.2) is 50.6 Å². The summed E-state index contributed by atoms with van der Waals surface area (Å²) in [6.45, 7) is 8.62. The Hall–Kier alpha value is -2.09. The van der Waals surface area contributed by atoms with Crippen molar-refractivity contribution >= 4 is 17.4 Å². The zero-order chi connectivity index (χ0) is 17.5. The Balaban J connectivity index is 1.55. The highest BCUT2D eigenvalue weighted by molar-refractivity contribution is 7.11. The van der Waals surface area contributed by atoms with Gasteiger partial charge in [-0.1, -0.05) is 11.3 Å². The SMILES string of the molecule is Cc1cnn(C)c1-c1csc(OC2CN(C(=O)OC(C)(C)C)C2)n1. The van der Waals surface area contributed by atoms with Crippen molar-refractivity contribution in [2.75, 3.05) is 13.1 Å². The van der Waals surface area contributed by atoms with E-state index in [-0.39, 0.29) is 12.2 Å². The number of nitrogens with zero attached hydrogens (tertiary/aromatic N) is 4. The minimum Gasteiger partial charge on any atom is -0.463 e. The van der Waals surface area contributed by atoms with Crippen molar-refractivity contribution in [1.82, 2.24) is 19.7 Å². The number of thiazole rings is 1. The van der Waals surface area contributed by atoms with Gasteiger partial charge in [0.25, 0.3) is 5.19 Å². The van der Waals surface area contributed by atoms with E-state index in [1.165, 1.54) is 11.3 Å². The second kappa shape index (κ2) is 6.08. The summed E-state index contributed by atoms with van der Waals surface area (Å²) >= 11 is 1.45. The van der Waals surface area contributed by atoms with Gasteiger partial charge >= 0.3 is 6.09 Å². The molecular formula is C16H22N4O3S. The van der Waals surface area contributed by atoms with Crippen molar-refractivity contribution in [1.29, 1.82) is 0 Å². The molecule has 24 heavy (non-hydrogen) atoms. The van der Waals surface area contributed by atoms with Crippen LogP contribution >= 0.6 is 11.3 Å². The van der Waals surface area contributed by atoms with E-state index in [1.54, 1.807) is 4.90 Å². The standard InChI is InChI=1S/C16H22N4O3S/c1-10-6-17-19(5)13(10)12-9-24-14(18-12)22-11-7-20(8-11)15(21)23-16(2,3)4/h6,9,11H,7-8H2,1-5H3. The number of rotatable bonds is 3. The zero-order valence-corrected chi connectivity index (χ0v) is 15.4. The number of likely N-dealkylation sites (tertiary alicyclic amines) is 1. The van der Waals surface area contributed by atoms with Crippen LogP contribution in [0.1, 0.15) is 26.3 Å². The fraction of sp³-hybridized carbons (Fsp3) is 0.562. The molecule has 2 aromatic heterocycles. The van der Waals surface area contributed by atoms with Crippen LogP contribution in [0.15, 0.2) is 11.6 Å². The van der Waals surface area contributed by atoms with Crippen molar-refractivity contribution in [3.05, 3.63) is 17.1 Å². The molecule has 0 N–H and O–H groups in total. The molecule has 7 nitrogen and oxygen atoms in total. The van der Waals surface area contributed by atoms with E-state index < -0.39 is 5.60 Å². The molecule has 0 unspecified atom stereocenters. The quantitative estimate of drug-likeness (QED) is 0.851. The van der Waals surface area contributed by atoms with Crippen LogP contribution in [0.2, 0.25) is 0 Å². The second-order valence-corrected chi connectivity index (χ2v) is 7.74. The number of carbonyl (C=O) groups excluding carboxylic acids is 1. The van der Waals surface area contributed by atoms with E-state index in [4.69, 9.17) is 9.47 Å². The van der Waals surface area contributed by atoms with Crippen LogP contribution in [0.4, 0.5) is 4.79 Å². The molecule has 0 aromatic carbocycles. The molecule has 0 atom stereocenters. The normalized spacial score (nSPS) is 15.3. The van der Waals surface area contributed by atoms with E-state index in [0.717, 1.165) is 17.0 Å². The molecule has 0 aliphatic carbocycles. The molecule has 3 heterocycles. The van der Waals surface area contributed by atoms with Gasteiger partial charge in [0.2, 0.25) is 0 Å². The average molecular weight is 350 g/mol. The first-order valence-electron chi connectivity index (χ1n) is 7.82. The van der Waals surface area contributed by atoms with E-state index in [0.29, 0.717) is 18.3 Å². The summed E-state index contributed by atoms with van der Waals surface area (Å²) < 4.78 is 13.0. The van der Waals surface area contributed by atoms with Crippen LogP contribution in [0.25, 0.3) is 11.4 Å². The van der Waals surface area contributed by atoms with Gasteiger partial charge in [0.1, 0.15) is 17.4 Å². The first-order valence-corrected chi connectivity index (χ1v) is 8.70. The Bertz CT molecular complexity index is 721. The molecule has 2 aromatic rings. The molecule has 1 fully saturated rings. The summed E-state index contributed by atoms with van der Waals surface area (Å²) in [7, 11) is 1.90. The van der Waals surface area contributed by atoms with Crippen LogP contribution < -0.4 is 4.74 Å². The Kier molecular flexibility index (Phi) is 4.25. The van der Waals surface area contributed by atoms with Crippen LogP contribution in [0.3, 0.4) is 0 Å². The summed E-state index contributed by atoms with van der Waals surface area (Å²) in [5, 5.41) is 6.80. The molecular weight excluding hydrogens is 328 g/mol. The lowest BCUT2D eigenvalue weighted by molar-refractivity contribution is -0.0221. The number of ether oxygens (including phenoxy) is 2. The fourth-order valence-corrected chi connectivity index (χ4v) is 3.19. The van der Waals surface area contributed by atoms with E-state index in [9.17, 15) is 4.79 Å². The summed E-state index contributed by atoms with van der Waals surface area (Å²) in [4.78, 5) is 18.1. The highest BCUT2D eigenvalue weighted by atomic mass is 32.1. The average Bonchev–Trinajstić information content (AvgIpc) is 2.98. The van der Waals surface area contributed by atoms with Crippen molar-refractivity contribution in [3.8, 4) is 16.6 Å². The van der Waals surface area contributed by atoms with E-state index >= 15 is 0 Å². The molecule has 1 aliphatic rings. The van der Waals surface area contributed by atoms with Gasteiger partial charge in [-0.25, -0.2) is 9.78 Å². The molecule has 0 radical (unpaired) electrons. The maximum atomic E-state index is 11.9. The Labute approximate surface area is 145 Å². The third-order valence-corrected chi connectivity index (χ3v) is 4.34. The molecule has 1 aliphatic heterocycles. The first kappa shape index (κ1) is 16.8. The van der Waals surface area contributed by atoms with Gasteiger partial charge in [0.15, 0.2) is 0 Å². The van der Waals surface area contributed by atoms with Crippen LogP contribution in [0, 0.1) is 6.92 Å². The van der Waals surface area contributed by atoms with Crippen molar-refractivity contribution in [3.63, 3.8) is 0 Å². The second-order valence-electron chi connectivity index (χ2n) is 6.92. The van der Waals surface area contributed by atoms with Gasteiger partial charge < -0.3 is 14.4 Å². The number of aromatic nitrogens is 3. The molecule has 0 bridgehead atoms. The van der Waals surface area contributed by atoms with E-state index in [1.807, 2.05) is 51.0 Å². The maximum absolute atomic E-state index is 11.9. The lowest BCUT2D eigenvalue weighted by Gasteiger charge is -2.38. The van der Waals surface area contributed by atoms with Crippen LogP contribution in [-0.2, 0) is 11.8 Å². The maximum Gasteiger partial charge on any atom is 0.410 e. The van der Waals surface area contributed by atoms with Crippen molar-refractivity contribution in [2.24, 2.45) is 7.05 Å². The number of carbonyl (C=O) groups is 1. The largest absolute Gasteiger partial charge is 0.463 e. The third kappa shape index (κ3) is 3.53. The third-order valence-electron chi connectivity index (χ3n) is 3.61. The number of hydrogen-bond donors (Lipinski definition) is 0. The highest BCUT2D eigenvalue weighted by Crippen LogP contribution is 2.30. The van der Waals surface area contributed by atoms with Gasteiger partial charge in [-0.3, -0.25) is 4.68 Å². The Morgan fingerprint density at radius 1 is 1.38 bits per heavy atom. The van der Waals surface area contributed by atoms with Gasteiger partial charge in [0.05, 0.1) is 25.0 Å². The summed E-state index contributed by atoms with van der Waals surface area (Å²) in [5.41, 5.74) is 2.45. The molecule has 1 amide bonds. The molecule has 1 saturated heterocycles. The van der Waals surface area contributed by atoms with Gasteiger partial charge in [-0.2, -0.15) is 5.10 Å². The monoisotopic (exact) mass is 350 g/mol. The van der Waals surface area contributed by atoms with E-state index in [2.05, 4.69) is 10.1 Å². The summed E-state index contributed by atoms with van der Waals surface area (Å²) in [6.07, 6.45) is 1.48. The number of amides is 1. The zero-order valence-electron chi connectivity index (χ0n) is 14.6. The fourth-order valence-electron chi connectivity index (χ4n) is 2.47. The minimum absolute atomic E-state index is 0.0378. The molecule has 0 spiro atoms. The minimum atomic E-state index is -0.478. The van der Waals surface area contributed by atoms with Gasteiger partial charge in [-0.15, -0.1) is 0 Å². The first-order chi connectivity index (χ1) is 11.2. The Morgan fingerprint density at radius 3 is 2.67 bits per heavy atom. The lowest BCUT2D eigenvalue weighted by atomic mass is 10.2. The molecule has 3 rings (SSSR count). The van der Waals surface area contributed by atoms with Crippen molar-refractivity contribution < 1.29 is 14.3 Å². The lowest BCUT2D eigenvalue weighted by Crippen LogP contribution is -2.57.